The minimum atomic E-state index is -0.856. The Kier molecular flexibility index (Phi) is 3.26. The van der Waals surface area contributed by atoms with Gasteiger partial charge in [-0.05, 0) is 18.2 Å². The molecule has 2 aromatic heterocycles. The van der Waals surface area contributed by atoms with Crippen molar-refractivity contribution in [2.75, 3.05) is 7.11 Å². The number of benzene rings is 1. The summed E-state index contributed by atoms with van der Waals surface area (Å²) in [5, 5.41) is 19.1. The molecule has 0 radical (unpaired) electrons. The first-order valence-electron chi connectivity index (χ1n) is 6.18. The van der Waals surface area contributed by atoms with E-state index in [0.29, 0.717) is 17.1 Å². The van der Waals surface area contributed by atoms with E-state index < -0.39 is 6.10 Å². The molecular formula is C15H13N3O2. The van der Waals surface area contributed by atoms with E-state index in [2.05, 4.69) is 15.2 Å². The van der Waals surface area contributed by atoms with Gasteiger partial charge in [0, 0.05) is 23.2 Å². The molecule has 0 saturated heterocycles. The number of rotatable bonds is 3. The van der Waals surface area contributed by atoms with Crippen LogP contribution in [0.25, 0.3) is 10.9 Å². The van der Waals surface area contributed by atoms with Crippen LogP contribution in [0.2, 0.25) is 0 Å². The molecule has 0 amide bonds. The largest absolute Gasteiger partial charge is 0.480 e. The molecule has 100 valence electrons. The summed E-state index contributed by atoms with van der Waals surface area (Å²) >= 11 is 0. The van der Waals surface area contributed by atoms with E-state index in [4.69, 9.17) is 4.74 Å². The predicted octanol–water partition coefficient (Wildman–Crippen LogP) is 2.12. The Hall–Kier alpha value is -2.53. The van der Waals surface area contributed by atoms with Crippen molar-refractivity contribution in [3.05, 3.63) is 59.9 Å². The van der Waals surface area contributed by atoms with Crippen molar-refractivity contribution >= 4 is 10.9 Å². The van der Waals surface area contributed by atoms with Crippen molar-refractivity contribution in [3.8, 4) is 5.88 Å². The van der Waals surface area contributed by atoms with Crippen LogP contribution in [0.3, 0.4) is 0 Å². The number of nitrogens with zero attached hydrogens (tertiary/aromatic N) is 3. The molecule has 20 heavy (non-hydrogen) atoms. The maximum atomic E-state index is 10.3. The molecule has 1 unspecified atom stereocenters. The third kappa shape index (κ3) is 2.31. The zero-order valence-electron chi connectivity index (χ0n) is 10.9. The summed E-state index contributed by atoms with van der Waals surface area (Å²) in [4.78, 5) is 4.33. The van der Waals surface area contributed by atoms with E-state index in [1.54, 1.807) is 18.3 Å². The second-order valence-electron chi connectivity index (χ2n) is 4.36. The smallest absolute Gasteiger partial charge is 0.233 e. The van der Waals surface area contributed by atoms with Crippen LogP contribution in [0.1, 0.15) is 17.4 Å². The van der Waals surface area contributed by atoms with Gasteiger partial charge in [0.05, 0.1) is 18.3 Å². The number of fused-ring (bicyclic) bond motifs is 1. The van der Waals surface area contributed by atoms with Gasteiger partial charge >= 0.3 is 0 Å². The molecule has 1 atom stereocenters. The summed E-state index contributed by atoms with van der Waals surface area (Å²) in [5.74, 6) is 0.414. The average molecular weight is 267 g/mol. The van der Waals surface area contributed by atoms with Gasteiger partial charge in [0.25, 0.3) is 0 Å². The van der Waals surface area contributed by atoms with Crippen molar-refractivity contribution in [1.82, 2.24) is 15.2 Å². The van der Waals surface area contributed by atoms with Crippen molar-refractivity contribution in [2.24, 2.45) is 0 Å². The quantitative estimate of drug-likeness (QED) is 0.787. The lowest BCUT2D eigenvalue weighted by molar-refractivity contribution is 0.213. The molecule has 0 fully saturated rings. The second kappa shape index (κ2) is 5.22. The van der Waals surface area contributed by atoms with Crippen LogP contribution in [0, 0.1) is 0 Å². The third-order valence-corrected chi connectivity index (χ3v) is 3.08. The minimum absolute atomic E-state index is 0.414. The van der Waals surface area contributed by atoms with Gasteiger partial charge in [-0.1, -0.05) is 18.2 Å². The van der Waals surface area contributed by atoms with Gasteiger partial charge in [-0.2, -0.15) is 0 Å². The van der Waals surface area contributed by atoms with E-state index in [1.165, 1.54) is 7.11 Å². The lowest BCUT2D eigenvalue weighted by atomic mass is 10.1. The summed E-state index contributed by atoms with van der Waals surface area (Å²) in [6.45, 7) is 0. The van der Waals surface area contributed by atoms with Crippen molar-refractivity contribution in [2.45, 2.75) is 6.10 Å². The molecule has 0 aliphatic carbocycles. The van der Waals surface area contributed by atoms with Gasteiger partial charge in [0.1, 0.15) is 6.10 Å². The molecule has 1 aromatic carbocycles. The maximum absolute atomic E-state index is 10.3. The Morgan fingerprint density at radius 2 is 1.95 bits per heavy atom. The number of methoxy groups -OCH3 is 1. The molecule has 2 heterocycles. The van der Waals surface area contributed by atoms with Crippen molar-refractivity contribution < 1.29 is 9.84 Å². The molecule has 0 aliphatic heterocycles. The molecular weight excluding hydrogens is 254 g/mol. The van der Waals surface area contributed by atoms with Crippen molar-refractivity contribution in [3.63, 3.8) is 0 Å². The number of hydrogen-bond acceptors (Lipinski definition) is 5. The standard InChI is InChI=1S/C15H13N3O2/c1-20-14-7-6-13(17-18-14)15(19)11-8-10-4-2-3-5-12(10)16-9-11/h2-9,15,19H,1H3. The first-order chi connectivity index (χ1) is 9.78. The van der Waals surface area contributed by atoms with Gasteiger partial charge in [-0.15, -0.1) is 10.2 Å². The lowest BCUT2D eigenvalue weighted by Crippen LogP contribution is -2.04. The van der Waals surface area contributed by atoms with Gasteiger partial charge < -0.3 is 9.84 Å². The molecule has 3 rings (SSSR count). The average Bonchev–Trinajstić information content (AvgIpc) is 2.54. The Labute approximate surface area is 115 Å². The minimum Gasteiger partial charge on any atom is -0.480 e. The monoisotopic (exact) mass is 267 g/mol. The summed E-state index contributed by atoms with van der Waals surface area (Å²) in [6.07, 6.45) is 0.796. The highest BCUT2D eigenvalue weighted by Crippen LogP contribution is 2.23. The molecule has 3 aromatic rings. The number of ether oxygens (including phenoxy) is 1. The number of pyridine rings is 1. The fourth-order valence-electron chi connectivity index (χ4n) is 1.99. The molecule has 0 aliphatic rings. The zero-order valence-corrected chi connectivity index (χ0v) is 10.9. The van der Waals surface area contributed by atoms with Crippen LogP contribution in [0.5, 0.6) is 5.88 Å². The molecule has 0 bridgehead atoms. The van der Waals surface area contributed by atoms with Crippen LogP contribution < -0.4 is 4.74 Å². The number of hydrogen-bond donors (Lipinski definition) is 1. The maximum Gasteiger partial charge on any atom is 0.233 e. The van der Waals surface area contributed by atoms with E-state index >= 15 is 0 Å². The van der Waals surface area contributed by atoms with Crippen LogP contribution in [-0.2, 0) is 0 Å². The van der Waals surface area contributed by atoms with E-state index in [9.17, 15) is 5.11 Å². The molecule has 5 nitrogen and oxygen atoms in total. The molecule has 0 spiro atoms. The van der Waals surface area contributed by atoms with Crippen molar-refractivity contribution in [1.29, 1.82) is 0 Å². The Morgan fingerprint density at radius 3 is 2.70 bits per heavy atom. The fraction of sp³-hybridized carbons (Fsp3) is 0.133. The third-order valence-electron chi connectivity index (χ3n) is 3.08. The lowest BCUT2D eigenvalue weighted by Gasteiger charge is -2.10. The zero-order chi connectivity index (χ0) is 13.9. The molecule has 1 N–H and O–H groups in total. The van der Waals surface area contributed by atoms with E-state index in [-0.39, 0.29) is 0 Å². The van der Waals surface area contributed by atoms with E-state index in [1.807, 2.05) is 30.3 Å². The summed E-state index contributed by atoms with van der Waals surface area (Å²) in [7, 11) is 1.52. The number of aliphatic hydroxyl groups is 1. The van der Waals surface area contributed by atoms with Gasteiger partial charge in [-0.3, -0.25) is 4.98 Å². The normalized spacial score (nSPS) is 12.3. The highest BCUT2D eigenvalue weighted by molar-refractivity contribution is 5.78. The Morgan fingerprint density at radius 1 is 1.10 bits per heavy atom. The van der Waals surface area contributed by atoms with Gasteiger partial charge in [0.15, 0.2) is 0 Å². The summed E-state index contributed by atoms with van der Waals surface area (Å²) < 4.78 is 4.94. The second-order valence-corrected chi connectivity index (χ2v) is 4.36. The van der Waals surface area contributed by atoms with Crippen LogP contribution >= 0.6 is 0 Å². The summed E-state index contributed by atoms with van der Waals surface area (Å²) in [5.41, 5.74) is 2.04. The van der Waals surface area contributed by atoms with E-state index in [0.717, 1.165) is 10.9 Å². The van der Waals surface area contributed by atoms with Crippen LogP contribution in [0.15, 0.2) is 48.7 Å². The van der Waals surface area contributed by atoms with Gasteiger partial charge in [-0.25, -0.2) is 0 Å². The number of aromatic nitrogens is 3. The predicted molar refractivity (Wildman–Crippen MR) is 74.4 cm³/mol. The fourth-order valence-corrected chi connectivity index (χ4v) is 1.99. The topological polar surface area (TPSA) is 68.1 Å². The first-order valence-corrected chi connectivity index (χ1v) is 6.18. The highest BCUT2D eigenvalue weighted by atomic mass is 16.5. The number of aliphatic hydroxyl groups excluding tert-OH is 1. The molecule has 0 saturated carbocycles. The SMILES string of the molecule is COc1ccc(C(O)c2cnc3ccccc3c2)nn1. The van der Waals surface area contributed by atoms with Gasteiger partial charge in [0.2, 0.25) is 5.88 Å². The highest BCUT2D eigenvalue weighted by Gasteiger charge is 2.13. The summed E-state index contributed by atoms with van der Waals surface area (Å²) in [6, 6.07) is 13.0. The Balaban J connectivity index is 1.96. The van der Waals surface area contributed by atoms with Crippen LogP contribution in [-0.4, -0.2) is 27.4 Å². The first kappa shape index (κ1) is 12.5. The molecule has 5 heteroatoms. The number of para-hydroxylation sites is 1. The van der Waals surface area contributed by atoms with Crippen LogP contribution in [0.4, 0.5) is 0 Å². The Bertz CT molecular complexity index is 729.